The highest BCUT2D eigenvalue weighted by molar-refractivity contribution is 5.82. The molecule has 1 saturated heterocycles. The van der Waals surface area contributed by atoms with Gasteiger partial charge in [-0.1, -0.05) is 0 Å². The molecule has 0 saturated carbocycles. The third-order valence-corrected chi connectivity index (χ3v) is 4.35. The summed E-state index contributed by atoms with van der Waals surface area (Å²) in [5, 5.41) is 15.8. The van der Waals surface area contributed by atoms with Crippen LogP contribution in [0.2, 0.25) is 0 Å². The van der Waals surface area contributed by atoms with E-state index in [-0.39, 0.29) is 23.6 Å². The molecule has 8 heteroatoms. The van der Waals surface area contributed by atoms with Crippen molar-refractivity contribution in [3.05, 3.63) is 34.6 Å². The second-order valence-electron chi connectivity index (χ2n) is 6.59. The summed E-state index contributed by atoms with van der Waals surface area (Å²) in [6.07, 6.45) is 3.73. The molecule has 0 amide bonds. The first-order chi connectivity index (χ1) is 12.4. The zero-order valence-electron chi connectivity index (χ0n) is 15.5. The molecule has 1 aromatic heterocycles. The molecular formula is C18H24N4O4. The Morgan fingerprint density at radius 2 is 2.04 bits per heavy atom. The molecule has 1 aromatic carbocycles. The standard InChI is InChI=1S/C18H24N4O4/c1-5-25-18-7-16(21-9-12(2)26-13(3)10-21)15(6-17(18)22(23)24)14-8-19-20(4)11-14/h6-8,11-13H,5,9-10H2,1-4H3/t12-,13+. The fourth-order valence-electron chi connectivity index (χ4n) is 3.40. The molecule has 8 nitrogen and oxygen atoms in total. The van der Waals surface area contributed by atoms with Crippen molar-refractivity contribution in [3.63, 3.8) is 0 Å². The van der Waals surface area contributed by atoms with Gasteiger partial charge in [0.1, 0.15) is 0 Å². The molecule has 0 N–H and O–H groups in total. The normalized spacial score (nSPS) is 20.2. The number of morpholine rings is 1. The summed E-state index contributed by atoms with van der Waals surface area (Å²) in [6.45, 7) is 7.66. The van der Waals surface area contributed by atoms with Gasteiger partial charge < -0.3 is 14.4 Å². The molecule has 2 heterocycles. The lowest BCUT2D eigenvalue weighted by molar-refractivity contribution is -0.385. The van der Waals surface area contributed by atoms with Crippen LogP contribution in [0.15, 0.2) is 24.5 Å². The molecule has 0 unspecified atom stereocenters. The van der Waals surface area contributed by atoms with E-state index < -0.39 is 4.92 Å². The van der Waals surface area contributed by atoms with E-state index in [0.29, 0.717) is 19.7 Å². The van der Waals surface area contributed by atoms with Crippen molar-refractivity contribution in [2.75, 3.05) is 24.6 Å². The van der Waals surface area contributed by atoms with Gasteiger partial charge in [0.2, 0.25) is 0 Å². The Kier molecular flexibility index (Phi) is 5.13. The average Bonchev–Trinajstić information content (AvgIpc) is 3.00. The monoisotopic (exact) mass is 360 g/mol. The Balaban J connectivity index is 2.16. The van der Waals surface area contributed by atoms with Crippen molar-refractivity contribution < 1.29 is 14.4 Å². The Morgan fingerprint density at radius 1 is 1.35 bits per heavy atom. The summed E-state index contributed by atoms with van der Waals surface area (Å²) in [6, 6.07) is 3.36. The van der Waals surface area contributed by atoms with Gasteiger partial charge in [0, 0.05) is 55.3 Å². The van der Waals surface area contributed by atoms with Gasteiger partial charge in [0.25, 0.3) is 0 Å². The quantitative estimate of drug-likeness (QED) is 0.602. The zero-order chi connectivity index (χ0) is 18.8. The fourth-order valence-corrected chi connectivity index (χ4v) is 3.40. The first-order valence-corrected chi connectivity index (χ1v) is 8.73. The maximum atomic E-state index is 11.5. The van der Waals surface area contributed by atoms with E-state index in [1.165, 1.54) is 0 Å². The van der Waals surface area contributed by atoms with Gasteiger partial charge >= 0.3 is 5.69 Å². The predicted molar refractivity (Wildman–Crippen MR) is 98.7 cm³/mol. The summed E-state index contributed by atoms with van der Waals surface area (Å²) >= 11 is 0. The number of hydrogen-bond donors (Lipinski definition) is 0. The van der Waals surface area contributed by atoms with E-state index in [2.05, 4.69) is 10.00 Å². The van der Waals surface area contributed by atoms with Crippen molar-refractivity contribution in [2.24, 2.45) is 7.05 Å². The highest BCUT2D eigenvalue weighted by Gasteiger charge is 2.28. The van der Waals surface area contributed by atoms with Crippen LogP contribution in [0.4, 0.5) is 11.4 Å². The highest BCUT2D eigenvalue weighted by Crippen LogP contribution is 2.41. The molecule has 1 aliphatic rings. The molecule has 140 valence electrons. The van der Waals surface area contributed by atoms with Crippen LogP contribution in [-0.4, -0.2) is 46.6 Å². The molecule has 2 atom stereocenters. The topological polar surface area (TPSA) is 82.7 Å². The summed E-state index contributed by atoms with van der Waals surface area (Å²) in [7, 11) is 1.82. The Labute approximate surface area is 152 Å². The molecule has 3 rings (SSSR count). The minimum atomic E-state index is -0.404. The fraction of sp³-hybridized carbons (Fsp3) is 0.500. The lowest BCUT2D eigenvalue weighted by Gasteiger charge is -2.37. The number of aromatic nitrogens is 2. The molecule has 1 aliphatic heterocycles. The summed E-state index contributed by atoms with van der Waals surface area (Å²) < 4.78 is 13.1. The molecule has 0 radical (unpaired) electrons. The van der Waals surface area contributed by atoms with Crippen molar-refractivity contribution in [3.8, 4) is 16.9 Å². The highest BCUT2D eigenvalue weighted by atomic mass is 16.6. The van der Waals surface area contributed by atoms with Gasteiger partial charge in [-0.25, -0.2) is 0 Å². The largest absolute Gasteiger partial charge is 0.487 e. The van der Waals surface area contributed by atoms with Crippen LogP contribution in [0.1, 0.15) is 20.8 Å². The molecule has 0 spiro atoms. The minimum Gasteiger partial charge on any atom is -0.487 e. The second kappa shape index (κ2) is 7.33. The zero-order valence-corrected chi connectivity index (χ0v) is 15.5. The molecule has 26 heavy (non-hydrogen) atoms. The van der Waals surface area contributed by atoms with Crippen LogP contribution >= 0.6 is 0 Å². The number of benzene rings is 1. The summed E-state index contributed by atoms with van der Waals surface area (Å²) in [5.74, 6) is 0.284. The van der Waals surface area contributed by atoms with Gasteiger partial charge in [0.05, 0.1) is 29.9 Å². The Morgan fingerprint density at radius 3 is 2.58 bits per heavy atom. The average molecular weight is 360 g/mol. The number of nitrogens with zero attached hydrogens (tertiary/aromatic N) is 4. The van der Waals surface area contributed by atoms with Crippen molar-refractivity contribution in [1.29, 1.82) is 0 Å². The van der Waals surface area contributed by atoms with E-state index in [9.17, 15) is 10.1 Å². The first-order valence-electron chi connectivity index (χ1n) is 8.73. The number of hydrogen-bond acceptors (Lipinski definition) is 6. The maximum absolute atomic E-state index is 11.5. The van der Waals surface area contributed by atoms with Gasteiger partial charge in [-0.05, 0) is 20.8 Å². The Bertz CT molecular complexity index is 794. The number of ether oxygens (including phenoxy) is 2. The minimum absolute atomic E-state index is 0.0381. The third kappa shape index (κ3) is 3.65. The molecular weight excluding hydrogens is 336 g/mol. The van der Waals surface area contributed by atoms with Gasteiger partial charge in [0.15, 0.2) is 5.75 Å². The molecule has 0 bridgehead atoms. The maximum Gasteiger partial charge on any atom is 0.311 e. The van der Waals surface area contributed by atoms with Crippen LogP contribution in [-0.2, 0) is 11.8 Å². The van der Waals surface area contributed by atoms with Crippen LogP contribution in [0.25, 0.3) is 11.1 Å². The van der Waals surface area contributed by atoms with Crippen molar-refractivity contribution >= 4 is 11.4 Å². The number of nitro benzene ring substituents is 1. The summed E-state index contributed by atoms with van der Waals surface area (Å²) in [5.41, 5.74) is 2.47. The van der Waals surface area contributed by atoms with Crippen LogP contribution in [0.3, 0.4) is 0 Å². The van der Waals surface area contributed by atoms with E-state index in [1.54, 1.807) is 23.0 Å². The van der Waals surface area contributed by atoms with E-state index in [1.807, 2.05) is 34.0 Å². The van der Waals surface area contributed by atoms with Gasteiger partial charge in [-0.2, -0.15) is 5.10 Å². The van der Waals surface area contributed by atoms with Crippen molar-refractivity contribution in [2.45, 2.75) is 33.0 Å². The van der Waals surface area contributed by atoms with Crippen LogP contribution in [0, 0.1) is 10.1 Å². The van der Waals surface area contributed by atoms with E-state index in [0.717, 1.165) is 16.8 Å². The van der Waals surface area contributed by atoms with Crippen LogP contribution in [0.5, 0.6) is 5.75 Å². The molecule has 1 fully saturated rings. The van der Waals surface area contributed by atoms with Crippen molar-refractivity contribution in [1.82, 2.24) is 9.78 Å². The number of anilines is 1. The third-order valence-electron chi connectivity index (χ3n) is 4.35. The van der Waals surface area contributed by atoms with Gasteiger partial charge in [-0.15, -0.1) is 0 Å². The SMILES string of the molecule is CCOc1cc(N2C[C@@H](C)O[C@@H](C)C2)c(-c2cnn(C)c2)cc1[N+](=O)[O-]. The van der Waals surface area contributed by atoms with Crippen LogP contribution < -0.4 is 9.64 Å². The smallest absolute Gasteiger partial charge is 0.311 e. The Hall–Kier alpha value is -2.61. The molecule has 2 aromatic rings. The number of nitro groups is 1. The molecule has 0 aliphatic carbocycles. The number of rotatable bonds is 5. The predicted octanol–water partition coefficient (Wildman–Crippen LogP) is 3.01. The second-order valence-corrected chi connectivity index (χ2v) is 6.59. The first kappa shape index (κ1) is 18.2. The van der Waals surface area contributed by atoms with E-state index >= 15 is 0 Å². The lowest BCUT2D eigenvalue weighted by Crippen LogP contribution is -2.45. The summed E-state index contributed by atoms with van der Waals surface area (Å²) in [4.78, 5) is 13.3. The number of aryl methyl sites for hydroxylation is 1. The van der Waals surface area contributed by atoms with E-state index in [4.69, 9.17) is 9.47 Å². The lowest BCUT2D eigenvalue weighted by atomic mass is 10.0. The van der Waals surface area contributed by atoms with Gasteiger partial charge in [-0.3, -0.25) is 14.8 Å².